The van der Waals surface area contributed by atoms with E-state index in [1.54, 1.807) is 33.0 Å². The molecule has 0 radical (unpaired) electrons. The third-order valence-electron chi connectivity index (χ3n) is 2.80. The molecule has 0 spiro atoms. The number of tetrazole rings is 1. The van der Waals surface area contributed by atoms with Crippen molar-refractivity contribution >= 4 is 17.8 Å². The zero-order chi connectivity index (χ0) is 14.9. The van der Waals surface area contributed by atoms with Crippen molar-refractivity contribution in [2.75, 3.05) is 5.32 Å². The van der Waals surface area contributed by atoms with Crippen LogP contribution in [0.2, 0.25) is 0 Å². The molecule has 1 aromatic carbocycles. The molecule has 0 aliphatic rings. The molecule has 0 saturated heterocycles. The number of amides is 1. The Kier molecular flexibility index (Phi) is 3.47. The van der Waals surface area contributed by atoms with Crippen molar-refractivity contribution in [2.45, 2.75) is 13.8 Å². The molecular formula is C12H13N5O3. The Morgan fingerprint density at radius 1 is 1.20 bits per heavy atom. The van der Waals surface area contributed by atoms with Crippen molar-refractivity contribution in [3.8, 4) is 0 Å². The van der Waals surface area contributed by atoms with Gasteiger partial charge < -0.3 is 5.11 Å². The quantitative estimate of drug-likeness (QED) is 0.856. The molecule has 2 N–H and O–H groups in total. The van der Waals surface area contributed by atoms with Gasteiger partial charge >= 0.3 is 5.97 Å². The Hall–Kier alpha value is -2.77. The smallest absolute Gasteiger partial charge is 0.336 e. The Morgan fingerprint density at radius 2 is 1.80 bits per heavy atom. The van der Waals surface area contributed by atoms with Gasteiger partial charge in [-0.25, -0.2) is 4.79 Å². The lowest BCUT2D eigenvalue weighted by Crippen LogP contribution is -2.20. The molecule has 8 heteroatoms. The fraction of sp³-hybridized carbons (Fsp3) is 0.250. The van der Waals surface area contributed by atoms with Crippen LogP contribution in [0.4, 0.5) is 5.95 Å². The summed E-state index contributed by atoms with van der Waals surface area (Å²) in [4.78, 5) is 24.7. The van der Waals surface area contributed by atoms with E-state index in [4.69, 9.17) is 0 Å². The van der Waals surface area contributed by atoms with Gasteiger partial charge in [-0.1, -0.05) is 17.2 Å². The van der Waals surface area contributed by atoms with Gasteiger partial charge in [0.25, 0.3) is 11.9 Å². The average Bonchev–Trinajstić information content (AvgIpc) is 2.76. The van der Waals surface area contributed by atoms with E-state index in [9.17, 15) is 14.7 Å². The molecule has 104 valence electrons. The van der Waals surface area contributed by atoms with Crippen molar-refractivity contribution in [1.82, 2.24) is 20.2 Å². The lowest BCUT2D eigenvalue weighted by Gasteiger charge is -2.11. The number of hydrogen-bond acceptors (Lipinski definition) is 5. The largest absolute Gasteiger partial charge is 0.478 e. The van der Waals surface area contributed by atoms with Gasteiger partial charge in [-0.3, -0.25) is 10.1 Å². The second-order valence-electron chi connectivity index (χ2n) is 4.31. The van der Waals surface area contributed by atoms with Crippen LogP contribution < -0.4 is 5.32 Å². The van der Waals surface area contributed by atoms with Crippen LogP contribution in [0, 0.1) is 13.8 Å². The predicted octanol–water partition coefficient (Wildman–Crippen LogP) is 0.777. The van der Waals surface area contributed by atoms with Gasteiger partial charge in [-0.05, 0) is 30.2 Å². The number of aromatic carboxylic acids is 1. The second-order valence-corrected chi connectivity index (χ2v) is 4.31. The highest BCUT2D eigenvalue weighted by Gasteiger charge is 2.22. The van der Waals surface area contributed by atoms with E-state index in [0.717, 1.165) is 0 Å². The fourth-order valence-electron chi connectivity index (χ4n) is 1.88. The number of carboxylic acids is 1. The molecule has 0 bridgehead atoms. The first-order valence-corrected chi connectivity index (χ1v) is 5.79. The molecule has 0 aliphatic carbocycles. The summed E-state index contributed by atoms with van der Waals surface area (Å²) in [6, 6.07) is 3.36. The maximum atomic E-state index is 12.2. The Balaban J connectivity index is 2.43. The van der Waals surface area contributed by atoms with Gasteiger partial charge in [0.2, 0.25) is 0 Å². The molecule has 0 aliphatic heterocycles. The van der Waals surface area contributed by atoms with Crippen LogP contribution in [0.3, 0.4) is 0 Å². The van der Waals surface area contributed by atoms with Crippen LogP contribution in [0.15, 0.2) is 12.1 Å². The van der Waals surface area contributed by atoms with Crippen LogP contribution >= 0.6 is 0 Å². The lowest BCUT2D eigenvalue weighted by molar-refractivity contribution is 0.0691. The summed E-state index contributed by atoms with van der Waals surface area (Å²) in [6.45, 7) is 3.31. The van der Waals surface area contributed by atoms with Crippen LogP contribution in [0.5, 0.6) is 0 Å². The fourth-order valence-corrected chi connectivity index (χ4v) is 1.88. The van der Waals surface area contributed by atoms with Crippen molar-refractivity contribution in [2.24, 2.45) is 7.05 Å². The number of carbonyl (C=O) groups excluding carboxylic acids is 1. The van der Waals surface area contributed by atoms with Gasteiger partial charge in [0.05, 0.1) is 18.2 Å². The molecule has 1 heterocycles. The third-order valence-corrected chi connectivity index (χ3v) is 2.80. The van der Waals surface area contributed by atoms with Gasteiger partial charge in [0.1, 0.15) is 0 Å². The third kappa shape index (κ3) is 2.48. The highest BCUT2D eigenvalue weighted by molar-refractivity contribution is 6.11. The Bertz CT molecular complexity index is 692. The number of rotatable bonds is 3. The summed E-state index contributed by atoms with van der Waals surface area (Å²) in [5, 5.41) is 22.7. The molecular weight excluding hydrogens is 262 g/mol. The average molecular weight is 275 g/mol. The Morgan fingerprint density at radius 3 is 2.30 bits per heavy atom. The van der Waals surface area contributed by atoms with E-state index in [1.807, 2.05) is 0 Å². The lowest BCUT2D eigenvalue weighted by atomic mass is 9.96. The standard InChI is InChI=1S/C12H13N5O3/c1-6-4-5-7(2)9(11(19)20)8(6)10(18)13-12-14-16-17(3)15-12/h4-5H,1-3H3,(H,19,20)(H,13,15,18). The van der Waals surface area contributed by atoms with Crippen LogP contribution in [0.25, 0.3) is 0 Å². The Labute approximate surface area is 114 Å². The summed E-state index contributed by atoms with van der Waals surface area (Å²) in [6.07, 6.45) is 0. The minimum Gasteiger partial charge on any atom is -0.478 e. The first-order valence-electron chi connectivity index (χ1n) is 5.79. The number of nitrogens with zero attached hydrogens (tertiary/aromatic N) is 4. The molecule has 2 aromatic rings. The van der Waals surface area contributed by atoms with E-state index < -0.39 is 11.9 Å². The van der Waals surface area contributed by atoms with Gasteiger partial charge in [0, 0.05) is 0 Å². The number of aromatic nitrogens is 4. The van der Waals surface area contributed by atoms with E-state index in [2.05, 4.69) is 20.7 Å². The van der Waals surface area contributed by atoms with Crippen LogP contribution in [-0.4, -0.2) is 37.2 Å². The van der Waals surface area contributed by atoms with E-state index in [0.29, 0.717) is 11.1 Å². The maximum absolute atomic E-state index is 12.2. The first-order chi connectivity index (χ1) is 9.40. The van der Waals surface area contributed by atoms with Crippen molar-refractivity contribution in [3.05, 3.63) is 34.4 Å². The highest BCUT2D eigenvalue weighted by atomic mass is 16.4. The minimum absolute atomic E-state index is 0.0219. The maximum Gasteiger partial charge on any atom is 0.336 e. The van der Waals surface area contributed by atoms with Gasteiger partial charge in [-0.15, -0.1) is 5.10 Å². The summed E-state index contributed by atoms with van der Waals surface area (Å²) in [5.74, 6) is -1.70. The van der Waals surface area contributed by atoms with Crippen molar-refractivity contribution < 1.29 is 14.7 Å². The monoisotopic (exact) mass is 275 g/mol. The molecule has 0 unspecified atom stereocenters. The molecule has 0 fully saturated rings. The number of hydrogen-bond donors (Lipinski definition) is 2. The summed E-state index contributed by atoms with van der Waals surface area (Å²) in [7, 11) is 1.56. The molecule has 2 rings (SSSR count). The van der Waals surface area contributed by atoms with Crippen LogP contribution in [-0.2, 0) is 7.05 Å². The van der Waals surface area contributed by atoms with E-state index in [-0.39, 0.29) is 17.1 Å². The number of carbonyl (C=O) groups is 2. The molecule has 20 heavy (non-hydrogen) atoms. The number of aryl methyl sites for hydroxylation is 3. The van der Waals surface area contributed by atoms with Crippen LogP contribution in [0.1, 0.15) is 31.8 Å². The van der Waals surface area contributed by atoms with Crippen molar-refractivity contribution in [1.29, 1.82) is 0 Å². The highest BCUT2D eigenvalue weighted by Crippen LogP contribution is 2.19. The number of carboxylic acid groups (broad SMARTS) is 1. The zero-order valence-corrected chi connectivity index (χ0v) is 11.2. The topological polar surface area (TPSA) is 110 Å². The number of anilines is 1. The van der Waals surface area contributed by atoms with Gasteiger partial charge in [-0.2, -0.15) is 4.80 Å². The molecule has 0 saturated carbocycles. The minimum atomic E-state index is -1.15. The first kappa shape index (κ1) is 13.7. The zero-order valence-electron chi connectivity index (χ0n) is 11.2. The normalized spacial score (nSPS) is 10.3. The van der Waals surface area contributed by atoms with Crippen molar-refractivity contribution in [3.63, 3.8) is 0 Å². The summed E-state index contributed by atoms with van der Waals surface area (Å²) >= 11 is 0. The number of nitrogens with one attached hydrogen (secondary N) is 1. The molecule has 1 amide bonds. The van der Waals surface area contributed by atoms with E-state index >= 15 is 0 Å². The SMILES string of the molecule is Cc1ccc(C)c(C(=O)Nc2nnn(C)n2)c1C(=O)O. The molecule has 1 aromatic heterocycles. The predicted molar refractivity (Wildman–Crippen MR) is 69.6 cm³/mol. The summed E-state index contributed by atoms with van der Waals surface area (Å²) in [5.41, 5.74) is 1.16. The summed E-state index contributed by atoms with van der Waals surface area (Å²) < 4.78 is 0. The molecule has 8 nitrogen and oxygen atoms in total. The number of benzene rings is 1. The molecule has 0 atom stereocenters. The second kappa shape index (κ2) is 5.08. The van der Waals surface area contributed by atoms with Gasteiger partial charge in [0.15, 0.2) is 0 Å². The van der Waals surface area contributed by atoms with E-state index in [1.165, 1.54) is 4.80 Å².